The second kappa shape index (κ2) is 7.79. The van der Waals surface area contributed by atoms with Crippen LogP contribution < -0.4 is 16.4 Å². The lowest BCUT2D eigenvalue weighted by atomic mass is 9.93. The topological polar surface area (TPSA) is 105 Å². The molecule has 0 bridgehead atoms. The normalized spacial score (nSPS) is 16.4. The third kappa shape index (κ3) is 4.25. The van der Waals surface area contributed by atoms with Gasteiger partial charge in [-0.3, -0.25) is 19.8 Å². The van der Waals surface area contributed by atoms with Crippen LogP contribution in [0.25, 0.3) is 0 Å². The van der Waals surface area contributed by atoms with Crippen LogP contribution in [-0.2, 0) is 22.6 Å². The summed E-state index contributed by atoms with van der Waals surface area (Å²) in [5, 5.41) is 4.86. The highest BCUT2D eigenvalue weighted by atomic mass is 16.2. The molecule has 7 heteroatoms. The fourth-order valence-corrected chi connectivity index (χ4v) is 3.06. The van der Waals surface area contributed by atoms with Gasteiger partial charge in [0.1, 0.15) is 0 Å². The fraction of sp³-hybridized carbons (Fsp3) is 0.211. The van der Waals surface area contributed by atoms with Crippen molar-refractivity contribution in [1.29, 1.82) is 0 Å². The van der Waals surface area contributed by atoms with E-state index in [-0.39, 0.29) is 6.54 Å². The van der Waals surface area contributed by atoms with Crippen LogP contribution in [0, 0.1) is 0 Å². The minimum atomic E-state index is -0.616. The molecular formula is C19H20N4O3. The summed E-state index contributed by atoms with van der Waals surface area (Å²) in [6.45, 7) is 0.335. The van der Waals surface area contributed by atoms with Gasteiger partial charge in [0, 0.05) is 12.2 Å². The molecule has 4 amide bonds. The van der Waals surface area contributed by atoms with Gasteiger partial charge < -0.3 is 11.1 Å². The molecule has 1 heterocycles. The van der Waals surface area contributed by atoms with Crippen molar-refractivity contribution in [2.45, 2.75) is 19.0 Å². The van der Waals surface area contributed by atoms with Crippen molar-refractivity contribution in [3.63, 3.8) is 0 Å². The minimum absolute atomic E-state index is 0.0931. The Morgan fingerprint density at radius 2 is 1.65 bits per heavy atom. The van der Waals surface area contributed by atoms with E-state index in [1.54, 1.807) is 29.2 Å². The number of para-hydroxylation sites is 1. The largest absolute Gasteiger partial charge is 0.368 e. The third-order valence-electron chi connectivity index (χ3n) is 4.31. The van der Waals surface area contributed by atoms with Crippen molar-refractivity contribution in [1.82, 2.24) is 10.2 Å². The number of amides is 4. The van der Waals surface area contributed by atoms with Crippen LogP contribution in [-0.4, -0.2) is 35.3 Å². The molecule has 134 valence electrons. The average molecular weight is 352 g/mol. The van der Waals surface area contributed by atoms with E-state index < -0.39 is 23.9 Å². The lowest BCUT2D eigenvalue weighted by molar-refractivity contribution is -0.127. The molecule has 1 atom stereocenters. The summed E-state index contributed by atoms with van der Waals surface area (Å²) in [6, 6.07) is 15.4. The van der Waals surface area contributed by atoms with Crippen LogP contribution >= 0.6 is 0 Å². The van der Waals surface area contributed by atoms with E-state index in [0.717, 1.165) is 11.1 Å². The Kier molecular flexibility index (Phi) is 5.28. The molecule has 0 radical (unpaired) electrons. The van der Waals surface area contributed by atoms with E-state index in [0.29, 0.717) is 18.7 Å². The Balaban J connectivity index is 1.62. The number of hydrogen-bond donors (Lipinski definition) is 3. The summed E-state index contributed by atoms with van der Waals surface area (Å²) in [4.78, 5) is 37.6. The van der Waals surface area contributed by atoms with Crippen molar-refractivity contribution >= 4 is 23.5 Å². The predicted octanol–water partition coefficient (Wildman–Crippen LogP) is 1.25. The standard InChI is InChI=1S/C19H20N4O3/c20-18(25)16-10-13-6-4-5-7-14(13)11-23(16)12-17(24)22-19(26)21-15-8-2-1-3-9-15/h1-9,16H,10-12H2,(H2,20,25)(H2,21,22,24,26)/t16-/m0/s1. The molecule has 7 nitrogen and oxygen atoms in total. The number of nitrogens with two attached hydrogens (primary N) is 1. The first-order chi connectivity index (χ1) is 12.5. The monoisotopic (exact) mass is 352 g/mol. The number of urea groups is 1. The fourth-order valence-electron chi connectivity index (χ4n) is 3.06. The van der Waals surface area contributed by atoms with E-state index in [2.05, 4.69) is 10.6 Å². The second-order valence-electron chi connectivity index (χ2n) is 6.16. The number of rotatable bonds is 4. The Morgan fingerprint density at radius 1 is 1.00 bits per heavy atom. The Bertz CT molecular complexity index is 823. The number of primary amides is 1. The lowest BCUT2D eigenvalue weighted by Crippen LogP contribution is -2.52. The Morgan fingerprint density at radius 3 is 2.35 bits per heavy atom. The summed E-state index contributed by atoms with van der Waals surface area (Å²) in [5.74, 6) is -0.981. The molecule has 0 fully saturated rings. The van der Waals surface area contributed by atoms with Gasteiger partial charge in [-0.15, -0.1) is 0 Å². The summed E-state index contributed by atoms with van der Waals surface area (Å²) in [5.41, 5.74) is 8.18. The van der Waals surface area contributed by atoms with Gasteiger partial charge in [0.2, 0.25) is 11.8 Å². The van der Waals surface area contributed by atoms with Crippen molar-refractivity contribution in [3.05, 3.63) is 65.7 Å². The molecule has 0 spiro atoms. The van der Waals surface area contributed by atoms with Crippen LogP contribution in [0.3, 0.4) is 0 Å². The molecule has 0 saturated carbocycles. The number of fused-ring (bicyclic) bond motifs is 1. The number of hydrogen-bond acceptors (Lipinski definition) is 4. The molecule has 2 aromatic rings. The summed E-state index contributed by atoms with van der Waals surface area (Å²) >= 11 is 0. The summed E-state index contributed by atoms with van der Waals surface area (Å²) in [6.07, 6.45) is 0.453. The van der Waals surface area contributed by atoms with Gasteiger partial charge in [0.15, 0.2) is 0 Å². The van der Waals surface area contributed by atoms with Crippen molar-refractivity contribution < 1.29 is 14.4 Å². The predicted molar refractivity (Wildman–Crippen MR) is 97.1 cm³/mol. The van der Waals surface area contributed by atoms with E-state index in [1.807, 2.05) is 30.3 Å². The van der Waals surface area contributed by atoms with E-state index in [9.17, 15) is 14.4 Å². The van der Waals surface area contributed by atoms with Gasteiger partial charge in [-0.25, -0.2) is 4.79 Å². The SMILES string of the molecule is NC(=O)[C@@H]1Cc2ccccc2CN1CC(=O)NC(=O)Nc1ccccc1. The zero-order valence-corrected chi connectivity index (χ0v) is 14.1. The molecule has 2 aromatic carbocycles. The van der Waals surface area contributed by atoms with Gasteiger partial charge in [-0.05, 0) is 29.7 Å². The third-order valence-corrected chi connectivity index (χ3v) is 4.31. The number of nitrogens with one attached hydrogen (secondary N) is 2. The molecule has 0 saturated heterocycles. The Hall–Kier alpha value is -3.19. The molecule has 1 aliphatic heterocycles. The van der Waals surface area contributed by atoms with Gasteiger partial charge >= 0.3 is 6.03 Å². The number of imide groups is 1. The summed E-state index contributed by atoms with van der Waals surface area (Å²) in [7, 11) is 0. The highest BCUT2D eigenvalue weighted by Crippen LogP contribution is 2.22. The highest BCUT2D eigenvalue weighted by Gasteiger charge is 2.31. The van der Waals surface area contributed by atoms with Crippen LogP contribution in [0.2, 0.25) is 0 Å². The maximum absolute atomic E-state index is 12.2. The van der Waals surface area contributed by atoms with Crippen LogP contribution in [0.5, 0.6) is 0 Å². The first-order valence-corrected chi connectivity index (χ1v) is 8.29. The van der Waals surface area contributed by atoms with E-state index >= 15 is 0 Å². The number of carbonyl (C=O) groups excluding carboxylic acids is 3. The van der Waals surface area contributed by atoms with Crippen LogP contribution in [0.4, 0.5) is 10.5 Å². The maximum atomic E-state index is 12.2. The molecule has 0 unspecified atom stereocenters. The molecular weight excluding hydrogens is 332 g/mol. The van der Waals surface area contributed by atoms with Gasteiger partial charge in [-0.2, -0.15) is 0 Å². The van der Waals surface area contributed by atoms with E-state index in [1.165, 1.54) is 0 Å². The van der Waals surface area contributed by atoms with E-state index in [4.69, 9.17) is 5.73 Å². The first-order valence-electron chi connectivity index (χ1n) is 8.29. The second-order valence-corrected chi connectivity index (χ2v) is 6.16. The molecule has 0 aliphatic carbocycles. The maximum Gasteiger partial charge on any atom is 0.325 e. The minimum Gasteiger partial charge on any atom is -0.368 e. The lowest BCUT2D eigenvalue weighted by Gasteiger charge is -2.34. The molecule has 3 rings (SSSR count). The van der Waals surface area contributed by atoms with Crippen LogP contribution in [0.1, 0.15) is 11.1 Å². The highest BCUT2D eigenvalue weighted by molar-refractivity contribution is 6.01. The smallest absolute Gasteiger partial charge is 0.325 e. The first kappa shape index (κ1) is 17.6. The molecule has 0 aromatic heterocycles. The summed E-state index contributed by atoms with van der Waals surface area (Å²) < 4.78 is 0. The van der Waals surface area contributed by atoms with Crippen LogP contribution in [0.15, 0.2) is 54.6 Å². The van der Waals surface area contributed by atoms with Gasteiger partial charge in [0.25, 0.3) is 0 Å². The zero-order valence-electron chi connectivity index (χ0n) is 14.1. The number of nitrogens with zero attached hydrogens (tertiary/aromatic N) is 1. The van der Waals surface area contributed by atoms with Gasteiger partial charge in [-0.1, -0.05) is 42.5 Å². The van der Waals surface area contributed by atoms with Crippen molar-refractivity contribution in [2.24, 2.45) is 5.73 Å². The van der Waals surface area contributed by atoms with Gasteiger partial charge in [0.05, 0.1) is 12.6 Å². The quantitative estimate of drug-likeness (QED) is 0.770. The number of carbonyl (C=O) groups is 3. The molecule has 4 N–H and O–H groups in total. The van der Waals surface area contributed by atoms with Crippen molar-refractivity contribution in [3.8, 4) is 0 Å². The zero-order chi connectivity index (χ0) is 18.5. The number of anilines is 1. The molecule has 26 heavy (non-hydrogen) atoms. The number of benzene rings is 2. The average Bonchev–Trinajstić information content (AvgIpc) is 2.61. The molecule has 1 aliphatic rings. The van der Waals surface area contributed by atoms with Crippen molar-refractivity contribution in [2.75, 3.05) is 11.9 Å². The Labute approximate surface area is 151 Å².